The van der Waals surface area contributed by atoms with Gasteiger partial charge in [0.05, 0.1) is 6.10 Å². The van der Waals surface area contributed by atoms with Gasteiger partial charge in [0.25, 0.3) is 0 Å². The van der Waals surface area contributed by atoms with E-state index in [1.807, 2.05) is 27.7 Å². The van der Waals surface area contributed by atoms with Gasteiger partial charge in [0.1, 0.15) is 12.2 Å². The number of ether oxygens (including phenoxy) is 2. The molecule has 1 saturated heterocycles. The number of carbonyl (C=O) groups excluding carboxylic acids is 2. The third kappa shape index (κ3) is 6.33. The van der Waals surface area contributed by atoms with Crippen LogP contribution < -0.4 is 0 Å². The highest BCUT2D eigenvalue weighted by atomic mass is 16.6. The minimum absolute atomic E-state index is 0.00734. The van der Waals surface area contributed by atoms with Crippen molar-refractivity contribution in [3.63, 3.8) is 0 Å². The van der Waals surface area contributed by atoms with E-state index in [9.17, 15) is 9.59 Å². The lowest BCUT2D eigenvalue weighted by Crippen LogP contribution is -2.44. The molecule has 0 aromatic heterocycles. The maximum absolute atomic E-state index is 11.9. The van der Waals surface area contributed by atoms with E-state index in [-0.39, 0.29) is 24.7 Å². The van der Waals surface area contributed by atoms with Crippen molar-refractivity contribution in [1.82, 2.24) is 9.80 Å². The van der Waals surface area contributed by atoms with E-state index in [4.69, 9.17) is 9.47 Å². The zero-order valence-corrected chi connectivity index (χ0v) is 13.8. The molecular formula is C15H28N2O4. The van der Waals surface area contributed by atoms with Gasteiger partial charge in [-0.3, -0.25) is 4.79 Å². The Balaban J connectivity index is 2.29. The highest BCUT2D eigenvalue weighted by Gasteiger charge is 2.27. The Bertz CT molecular complexity index is 357. The lowest BCUT2D eigenvalue weighted by molar-refractivity contribution is -0.137. The third-order valence-corrected chi connectivity index (χ3v) is 3.44. The molecule has 21 heavy (non-hydrogen) atoms. The SMILES string of the molecule is CCN(C)C(=O)COC1CCN(C(=O)OC(C)(C)C)CC1. The van der Waals surface area contributed by atoms with Gasteiger partial charge < -0.3 is 19.3 Å². The standard InChI is InChI=1S/C15H28N2O4/c1-6-16(5)13(18)11-20-12-7-9-17(10-8-12)14(19)21-15(2,3)4/h12H,6-11H2,1-5H3. The Morgan fingerprint density at radius 2 is 1.81 bits per heavy atom. The summed E-state index contributed by atoms with van der Waals surface area (Å²) in [6, 6.07) is 0. The molecule has 0 spiro atoms. The Hall–Kier alpha value is -1.30. The van der Waals surface area contributed by atoms with Crippen LogP contribution in [0.2, 0.25) is 0 Å². The Morgan fingerprint density at radius 1 is 1.24 bits per heavy atom. The van der Waals surface area contributed by atoms with Gasteiger partial charge in [-0.15, -0.1) is 0 Å². The van der Waals surface area contributed by atoms with Crippen LogP contribution in [0.15, 0.2) is 0 Å². The molecule has 122 valence electrons. The summed E-state index contributed by atoms with van der Waals surface area (Å²) in [6.07, 6.45) is 1.24. The average Bonchev–Trinajstić information content (AvgIpc) is 2.42. The second kappa shape index (κ2) is 7.64. The summed E-state index contributed by atoms with van der Waals surface area (Å²) in [5, 5.41) is 0. The topological polar surface area (TPSA) is 59.1 Å². The normalized spacial score (nSPS) is 16.7. The molecule has 0 atom stereocenters. The molecule has 6 heteroatoms. The summed E-state index contributed by atoms with van der Waals surface area (Å²) < 4.78 is 11.0. The van der Waals surface area contributed by atoms with Gasteiger partial charge in [0.15, 0.2) is 0 Å². The lowest BCUT2D eigenvalue weighted by Gasteiger charge is -2.33. The number of piperidine rings is 1. The van der Waals surface area contributed by atoms with Crippen LogP contribution in [0.5, 0.6) is 0 Å². The van der Waals surface area contributed by atoms with Crippen molar-refractivity contribution in [3.8, 4) is 0 Å². The fraction of sp³-hybridized carbons (Fsp3) is 0.867. The van der Waals surface area contributed by atoms with Gasteiger partial charge in [0.2, 0.25) is 5.91 Å². The molecule has 1 fully saturated rings. The van der Waals surface area contributed by atoms with Crippen molar-refractivity contribution >= 4 is 12.0 Å². The number of likely N-dealkylation sites (N-methyl/N-ethyl adjacent to an activating group) is 1. The Labute approximate surface area is 127 Å². The van der Waals surface area contributed by atoms with E-state index in [1.54, 1.807) is 16.8 Å². The summed E-state index contributed by atoms with van der Waals surface area (Å²) in [5.41, 5.74) is -0.471. The number of nitrogens with zero attached hydrogens (tertiary/aromatic N) is 2. The average molecular weight is 300 g/mol. The molecule has 0 radical (unpaired) electrons. The van der Waals surface area contributed by atoms with Crippen molar-refractivity contribution in [2.45, 2.75) is 52.2 Å². The van der Waals surface area contributed by atoms with E-state index >= 15 is 0 Å². The zero-order chi connectivity index (χ0) is 16.0. The maximum Gasteiger partial charge on any atom is 0.410 e. The first kappa shape index (κ1) is 17.8. The largest absolute Gasteiger partial charge is 0.444 e. The smallest absolute Gasteiger partial charge is 0.410 e. The van der Waals surface area contributed by atoms with Crippen LogP contribution in [-0.4, -0.2) is 66.8 Å². The number of carbonyl (C=O) groups is 2. The van der Waals surface area contributed by atoms with E-state index < -0.39 is 5.60 Å². The summed E-state index contributed by atoms with van der Waals surface area (Å²) >= 11 is 0. The monoisotopic (exact) mass is 300 g/mol. The fourth-order valence-corrected chi connectivity index (χ4v) is 2.01. The first-order valence-corrected chi connectivity index (χ1v) is 7.56. The van der Waals surface area contributed by atoms with Gasteiger partial charge in [-0.25, -0.2) is 4.79 Å². The molecule has 0 N–H and O–H groups in total. The second-order valence-corrected chi connectivity index (χ2v) is 6.39. The third-order valence-electron chi connectivity index (χ3n) is 3.44. The molecular weight excluding hydrogens is 272 g/mol. The molecule has 0 aliphatic carbocycles. The summed E-state index contributed by atoms with van der Waals surface area (Å²) in [6.45, 7) is 9.51. The summed E-state index contributed by atoms with van der Waals surface area (Å²) in [5.74, 6) is -0.00734. The number of rotatable bonds is 4. The van der Waals surface area contributed by atoms with E-state index in [0.29, 0.717) is 19.6 Å². The lowest BCUT2D eigenvalue weighted by atomic mass is 10.1. The van der Waals surface area contributed by atoms with Gasteiger partial charge in [0, 0.05) is 26.7 Å². The summed E-state index contributed by atoms with van der Waals surface area (Å²) in [4.78, 5) is 26.9. The molecule has 0 aromatic rings. The predicted octanol–water partition coefficient (Wildman–Crippen LogP) is 1.88. The highest BCUT2D eigenvalue weighted by Crippen LogP contribution is 2.17. The van der Waals surface area contributed by atoms with Crippen molar-refractivity contribution in [2.75, 3.05) is 33.3 Å². The first-order valence-electron chi connectivity index (χ1n) is 7.56. The Morgan fingerprint density at radius 3 is 2.29 bits per heavy atom. The molecule has 2 amide bonds. The number of hydrogen-bond acceptors (Lipinski definition) is 4. The minimum Gasteiger partial charge on any atom is -0.444 e. The zero-order valence-electron chi connectivity index (χ0n) is 13.8. The van der Waals surface area contributed by atoms with E-state index in [0.717, 1.165) is 12.8 Å². The van der Waals surface area contributed by atoms with Gasteiger partial charge in [-0.1, -0.05) is 0 Å². The quantitative estimate of drug-likeness (QED) is 0.795. The van der Waals surface area contributed by atoms with Crippen LogP contribution in [0.4, 0.5) is 4.79 Å². The van der Waals surface area contributed by atoms with Crippen molar-refractivity contribution < 1.29 is 19.1 Å². The second-order valence-electron chi connectivity index (χ2n) is 6.39. The minimum atomic E-state index is -0.471. The fourth-order valence-electron chi connectivity index (χ4n) is 2.01. The van der Waals surface area contributed by atoms with Crippen LogP contribution in [0, 0.1) is 0 Å². The van der Waals surface area contributed by atoms with Crippen molar-refractivity contribution in [2.24, 2.45) is 0 Å². The highest BCUT2D eigenvalue weighted by molar-refractivity contribution is 5.77. The van der Waals surface area contributed by atoms with Crippen LogP contribution in [0.25, 0.3) is 0 Å². The van der Waals surface area contributed by atoms with Crippen molar-refractivity contribution in [3.05, 3.63) is 0 Å². The molecule has 1 aliphatic heterocycles. The first-order chi connectivity index (χ1) is 9.73. The van der Waals surface area contributed by atoms with Crippen LogP contribution >= 0.6 is 0 Å². The molecule has 6 nitrogen and oxygen atoms in total. The maximum atomic E-state index is 11.9. The van der Waals surface area contributed by atoms with Gasteiger partial charge in [-0.2, -0.15) is 0 Å². The number of hydrogen-bond donors (Lipinski definition) is 0. The van der Waals surface area contributed by atoms with Crippen LogP contribution in [-0.2, 0) is 14.3 Å². The number of likely N-dealkylation sites (tertiary alicyclic amines) is 1. The Kier molecular flexibility index (Phi) is 6.45. The molecule has 0 saturated carbocycles. The molecule has 1 rings (SSSR count). The molecule has 0 unspecified atom stereocenters. The summed E-state index contributed by atoms with van der Waals surface area (Å²) in [7, 11) is 1.76. The molecule has 1 heterocycles. The van der Waals surface area contributed by atoms with Crippen LogP contribution in [0.1, 0.15) is 40.5 Å². The van der Waals surface area contributed by atoms with Gasteiger partial charge >= 0.3 is 6.09 Å². The molecule has 0 aromatic carbocycles. The van der Waals surface area contributed by atoms with E-state index in [2.05, 4.69) is 0 Å². The predicted molar refractivity (Wildman–Crippen MR) is 80.1 cm³/mol. The molecule has 0 bridgehead atoms. The number of amides is 2. The van der Waals surface area contributed by atoms with E-state index in [1.165, 1.54) is 0 Å². The molecule has 1 aliphatic rings. The van der Waals surface area contributed by atoms with Gasteiger partial charge in [-0.05, 0) is 40.5 Å². The van der Waals surface area contributed by atoms with Crippen LogP contribution in [0.3, 0.4) is 0 Å². The van der Waals surface area contributed by atoms with Crippen molar-refractivity contribution in [1.29, 1.82) is 0 Å².